The minimum absolute atomic E-state index is 0.0924. The number of halogens is 5. The highest BCUT2D eigenvalue weighted by molar-refractivity contribution is 5.73. The molecule has 1 aromatic carbocycles. The lowest BCUT2D eigenvalue weighted by Crippen LogP contribution is -2.21. The summed E-state index contributed by atoms with van der Waals surface area (Å²) in [4.78, 5) is 13.8. The molecule has 112 valence electrons. The highest BCUT2D eigenvalue weighted by Gasteiger charge is 2.38. The number of rotatable bonds is 1. The van der Waals surface area contributed by atoms with Gasteiger partial charge in [-0.15, -0.1) is 0 Å². The number of benzene rings is 1. The number of hydroxylamine groups is 1. The van der Waals surface area contributed by atoms with Crippen LogP contribution in [0.3, 0.4) is 0 Å². The average molecular weight is 299 g/mol. The lowest BCUT2D eigenvalue weighted by Gasteiger charge is -2.08. The van der Waals surface area contributed by atoms with Gasteiger partial charge in [0.25, 0.3) is 0 Å². The second kappa shape index (κ2) is 6.62. The van der Waals surface area contributed by atoms with Gasteiger partial charge in [0.15, 0.2) is 0 Å². The van der Waals surface area contributed by atoms with Crippen molar-refractivity contribution < 1.29 is 36.7 Å². The molecule has 2 rings (SSSR count). The zero-order chi connectivity index (χ0) is 15.3. The molecule has 0 aromatic heterocycles. The smallest absolute Gasteiger partial charge is 0.475 e. The fraction of sp³-hybridized carbons (Fsp3) is 0.364. The number of hydrogen-bond acceptors (Lipinski definition) is 3. The van der Waals surface area contributed by atoms with Crippen LogP contribution in [0.15, 0.2) is 18.2 Å². The van der Waals surface area contributed by atoms with Crippen molar-refractivity contribution in [1.29, 1.82) is 0 Å². The van der Waals surface area contributed by atoms with Crippen LogP contribution in [0.5, 0.6) is 0 Å². The maximum absolute atomic E-state index is 12.8. The molecule has 4 nitrogen and oxygen atoms in total. The zero-order valence-corrected chi connectivity index (χ0v) is 9.88. The Hall–Kier alpha value is -1.74. The summed E-state index contributed by atoms with van der Waals surface area (Å²) in [5.74, 6) is -3.86. The molecule has 0 aliphatic carbocycles. The van der Waals surface area contributed by atoms with E-state index in [1.54, 1.807) is 0 Å². The summed E-state index contributed by atoms with van der Waals surface area (Å²) in [5, 5.41) is 7.12. The molecule has 1 fully saturated rings. The molecule has 1 aromatic rings. The summed E-state index contributed by atoms with van der Waals surface area (Å²) in [6.45, 7) is 0.572. The standard InChI is InChI=1S/C9H9F2NO.C2HF3O2/c10-7-3-6(4-8(11)5-7)9-1-2-13-12-9;3-2(4,5)1(6)7/h3-5,9,12H,1-2H2;(H,6,7)/t9-;/m0./s1. The van der Waals surface area contributed by atoms with Crippen LogP contribution >= 0.6 is 0 Å². The average Bonchev–Trinajstić information content (AvgIpc) is 2.80. The van der Waals surface area contributed by atoms with E-state index in [-0.39, 0.29) is 6.04 Å². The third-order valence-electron chi connectivity index (χ3n) is 2.26. The highest BCUT2D eigenvalue weighted by atomic mass is 19.4. The Labute approximate surface area is 110 Å². The predicted octanol–water partition coefficient (Wildman–Crippen LogP) is 2.56. The van der Waals surface area contributed by atoms with Crippen molar-refractivity contribution in [3.05, 3.63) is 35.4 Å². The second-order valence-electron chi connectivity index (χ2n) is 3.81. The summed E-state index contributed by atoms with van der Waals surface area (Å²) in [6.07, 6.45) is -4.34. The molecule has 0 unspecified atom stereocenters. The Bertz CT molecular complexity index is 451. The number of aliphatic carboxylic acids is 1. The third-order valence-corrected chi connectivity index (χ3v) is 2.26. The molecule has 1 heterocycles. The molecule has 0 saturated carbocycles. The van der Waals surface area contributed by atoms with Gasteiger partial charge < -0.3 is 9.94 Å². The first-order valence-electron chi connectivity index (χ1n) is 5.33. The topological polar surface area (TPSA) is 58.6 Å². The number of carbonyl (C=O) groups is 1. The van der Waals surface area contributed by atoms with Crippen molar-refractivity contribution in [2.45, 2.75) is 18.6 Å². The van der Waals surface area contributed by atoms with E-state index in [4.69, 9.17) is 14.7 Å². The van der Waals surface area contributed by atoms with E-state index >= 15 is 0 Å². The van der Waals surface area contributed by atoms with Crippen molar-refractivity contribution >= 4 is 5.97 Å². The second-order valence-corrected chi connectivity index (χ2v) is 3.81. The first-order chi connectivity index (χ1) is 9.20. The molecule has 2 N–H and O–H groups in total. The molecule has 0 radical (unpaired) electrons. The maximum atomic E-state index is 12.8. The Morgan fingerprint density at radius 3 is 2.10 bits per heavy atom. The fourth-order valence-electron chi connectivity index (χ4n) is 1.41. The number of nitrogens with one attached hydrogen (secondary N) is 1. The van der Waals surface area contributed by atoms with Crippen LogP contribution in [-0.2, 0) is 9.63 Å². The van der Waals surface area contributed by atoms with Crippen molar-refractivity contribution in [1.82, 2.24) is 5.48 Å². The van der Waals surface area contributed by atoms with Crippen molar-refractivity contribution in [2.75, 3.05) is 6.61 Å². The molecule has 9 heteroatoms. The first-order valence-corrected chi connectivity index (χ1v) is 5.33. The van der Waals surface area contributed by atoms with Gasteiger partial charge in [0.2, 0.25) is 0 Å². The Morgan fingerprint density at radius 1 is 1.25 bits per heavy atom. The van der Waals surface area contributed by atoms with Crippen LogP contribution in [0.1, 0.15) is 18.0 Å². The summed E-state index contributed by atoms with van der Waals surface area (Å²) in [7, 11) is 0. The number of carboxylic acid groups (broad SMARTS) is 1. The lowest BCUT2D eigenvalue weighted by molar-refractivity contribution is -0.192. The number of hydrogen-bond donors (Lipinski definition) is 2. The third kappa shape index (κ3) is 5.10. The quantitative estimate of drug-likeness (QED) is 0.783. The SMILES string of the molecule is Fc1cc(F)cc([C@@H]2CCON2)c1.O=C(O)C(F)(F)F. The first kappa shape index (κ1) is 16.3. The Balaban J connectivity index is 0.000000246. The number of carboxylic acids is 1. The lowest BCUT2D eigenvalue weighted by atomic mass is 10.1. The van der Waals surface area contributed by atoms with Gasteiger partial charge in [0.05, 0.1) is 12.6 Å². The number of alkyl halides is 3. The molecule has 0 spiro atoms. The molecular weight excluding hydrogens is 289 g/mol. The van der Waals surface area contributed by atoms with E-state index < -0.39 is 23.8 Å². The van der Waals surface area contributed by atoms with Crippen LogP contribution in [0.25, 0.3) is 0 Å². The summed E-state index contributed by atoms with van der Waals surface area (Å²) < 4.78 is 57.3. The molecule has 0 amide bonds. The summed E-state index contributed by atoms with van der Waals surface area (Å²) in [6, 6.07) is 3.40. The van der Waals surface area contributed by atoms with Gasteiger partial charge >= 0.3 is 12.1 Å². The zero-order valence-electron chi connectivity index (χ0n) is 9.88. The van der Waals surface area contributed by atoms with Crippen LogP contribution in [0.4, 0.5) is 22.0 Å². The maximum Gasteiger partial charge on any atom is 0.490 e. The predicted molar refractivity (Wildman–Crippen MR) is 56.5 cm³/mol. The normalized spacial score (nSPS) is 18.4. The minimum Gasteiger partial charge on any atom is -0.475 e. The van der Waals surface area contributed by atoms with Gasteiger partial charge in [-0.3, -0.25) is 0 Å². The molecule has 1 aliphatic heterocycles. The summed E-state index contributed by atoms with van der Waals surface area (Å²) >= 11 is 0. The van der Waals surface area contributed by atoms with Crippen LogP contribution in [0, 0.1) is 11.6 Å². The van der Waals surface area contributed by atoms with Crippen molar-refractivity contribution in [3.8, 4) is 0 Å². The van der Waals surface area contributed by atoms with Gasteiger partial charge in [-0.1, -0.05) is 0 Å². The molecule has 1 aliphatic rings. The van der Waals surface area contributed by atoms with Crippen LogP contribution in [0.2, 0.25) is 0 Å². The van der Waals surface area contributed by atoms with E-state index in [9.17, 15) is 22.0 Å². The van der Waals surface area contributed by atoms with E-state index in [1.807, 2.05) is 0 Å². The van der Waals surface area contributed by atoms with E-state index in [0.29, 0.717) is 12.2 Å². The van der Waals surface area contributed by atoms with Gasteiger partial charge in [-0.05, 0) is 24.1 Å². The molecule has 0 bridgehead atoms. The molecule has 1 saturated heterocycles. The van der Waals surface area contributed by atoms with Crippen LogP contribution < -0.4 is 5.48 Å². The summed E-state index contributed by atoms with van der Waals surface area (Å²) in [5.41, 5.74) is 3.29. The van der Waals surface area contributed by atoms with E-state index in [2.05, 4.69) is 5.48 Å². The largest absolute Gasteiger partial charge is 0.490 e. The van der Waals surface area contributed by atoms with Crippen molar-refractivity contribution in [2.24, 2.45) is 0 Å². The van der Waals surface area contributed by atoms with Crippen LogP contribution in [-0.4, -0.2) is 23.9 Å². The highest BCUT2D eigenvalue weighted by Crippen LogP contribution is 2.22. The van der Waals surface area contributed by atoms with E-state index in [0.717, 1.165) is 12.5 Å². The fourth-order valence-corrected chi connectivity index (χ4v) is 1.41. The molecule has 1 atom stereocenters. The minimum atomic E-state index is -5.08. The van der Waals surface area contributed by atoms with Gasteiger partial charge in [0, 0.05) is 6.07 Å². The van der Waals surface area contributed by atoms with Gasteiger partial charge in [-0.2, -0.15) is 18.7 Å². The Morgan fingerprint density at radius 2 is 1.75 bits per heavy atom. The van der Waals surface area contributed by atoms with Crippen molar-refractivity contribution in [3.63, 3.8) is 0 Å². The monoisotopic (exact) mass is 299 g/mol. The van der Waals surface area contributed by atoms with E-state index in [1.165, 1.54) is 12.1 Å². The molecule has 20 heavy (non-hydrogen) atoms. The van der Waals surface area contributed by atoms with Gasteiger partial charge in [-0.25, -0.2) is 13.6 Å². The molecular formula is C11H10F5NO3. The Kier molecular flexibility index (Phi) is 5.40. The van der Waals surface area contributed by atoms with Gasteiger partial charge in [0.1, 0.15) is 11.6 Å².